The highest BCUT2D eigenvalue weighted by molar-refractivity contribution is 6.39. The highest BCUT2D eigenvalue weighted by atomic mass is 16.2. The number of nitrogens with zero attached hydrogens (tertiary/aromatic N) is 2. The molecule has 0 radical (unpaired) electrons. The number of hydrogen-bond acceptors (Lipinski definition) is 5. The van der Waals surface area contributed by atoms with Crippen LogP contribution in [0.15, 0.2) is 72.8 Å². The van der Waals surface area contributed by atoms with Gasteiger partial charge in [0.2, 0.25) is 5.91 Å². The molecule has 0 saturated carbocycles. The Labute approximate surface area is 211 Å². The van der Waals surface area contributed by atoms with Gasteiger partial charge in [0.25, 0.3) is 0 Å². The molecule has 8 nitrogen and oxygen atoms in total. The number of amides is 3. The maximum absolute atomic E-state index is 12.7. The highest BCUT2D eigenvalue weighted by Crippen LogP contribution is 2.35. The van der Waals surface area contributed by atoms with Gasteiger partial charge in [-0.25, -0.2) is 0 Å². The third-order valence-electron chi connectivity index (χ3n) is 6.22. The van der Waals surface area contributed by atoms with E-state index in [0.717, 1.165) is 29.9 Å². The molecule has 3 aromatic rings. The summed E-state index contributed by atoms with van der Waals surface area (Å²) < 4.78 is 0. The van der Waals surface area contributed by atoms with Gasteiger partial charge in [-0.2, -0.15) is 0 Å². The highest BCUT2D eigenvalue weighted by Gasteiger charge is 2.28. The molecule has 0 aliphatic carbocycles. The maximum Gasteiger partial charge on any atom is 0.313 e. The summed E-state index contributed by atoms with van der Waals surface area (Å²) in [5.74, 6) is -1.63. The van der Waals surface area contributed by atoms with Gasteiger partial charge in [-0.15, -0.1) is 0 Å². The van der Waals surface area contributed by atoms with Gasteiger partial charge in [-0.05, 0) is 60.0 Å². The van der Waals surface area contributed by atoms with Crippen molar-refractivity contribution < 1.29 is 14.4 Å². The molecular weight excluding hydrogens is 454 g/mol. The van der Waals surface area contributed by atoms with Crippen LogP contribution in [0.25, 0.3) is 0 Å². The summed E-state index contributed by atoms with van der Waals surface area (Å²) in [6.07, 6.45) is 0.936. The van der Waals surface area contributed by atoms with Crippen LogP contribution in [0.3, 0.4) is 0 Å². The Morgan fingerprint density at radius 3 is 2.14 bits per heavy atom. The summed E-state index contributed by atoms with van der Waals surface area (Å²) in [5.41, 5.74) is 5.66. The number of nitrogens with one attached hydrogen (secondary N) is 3. The van der Waals surface area contributed by atoms with Gasteiger partial charge in [0.1, 0.15) is 0 Å². The number of rotatable bonds is 7. The molecule has 0 bridgehead atoms. The molecule has 186 valence electrons. The summed E-state index contributed by atoms with van der Waals surface area (Å²) in [5, 5.41) is 8.09. The first-order valence-electron chi connectivity index (χ1n) is 11.9. The molecule has 0 spiro atoms. The van der Waals surface area contributed by atoms with Crippen LogP contribution in [0.4, 0.5) is 22.7 Å². The minimum Gasteiger partial charge on any atom is -0.378 e. The maximum atomic E-state index is 12.7. The van der Waals surface area contributed by atoms with Gasteiger partial charge in [0.15, 0.2) is 0 Å². The zero-order valence-electron chi connectivity index (χ0n) is 20.7. The Hall–Kier alpha value is -4.33. The lowest BCUT2D eigenvalue weighted by molar-refractivity contribution is -0.136. The number of benzene rings is 3. The van der Waals surface area contributed by atoms with Crippen molar-refractivity contribution in [3.05, 3.63) is 83.9 Å². The predicted molar refractivity (Wildman–Crippen MR) is 143 cm³/mol. The molecule has 3 amide bonds. The summed E-state index contributed by atoms with van der Waals surface area (Å²) in [7, 11) is 3.99. The fraction of sp³-hybridized carbons (Fsp3) is 0.250. The van der Waals surface area contributed by atoms with Crippen LogP contribution in [-0.2, 0) is 20.8 Å². The average Bonchev–Trinajstić information content (AvgIpc) is 3.29. The van der Waals surface area contributed by atoms with Crippen molar-refractivity contribution in [3.63, 3.8) is 0 Å². The molecule has 3 aromatic carbocycles. The molecular formula is C28H31N5O3. The van der Waals surface area contributed by atoms with Crippen LogP contribution in [0.2, 0.25) is 0 Å². The SMILES string of the molecule is CC(=O)Nc1ccc(NC(=O)C(=O)NCC(c2ccc(N(C)C)cc2)N2CCc3ccccc32)cc1. The largest absolute Gasteiger partial charge is 0.378 e. The molecule has 0 aromatic heterocycles. The Kier molecular flexibility index (Phi) is 7.53. The van der Waals surface area contributed by atoms with Gasteiger partial charge in [-0.1, -0.05) is 30.3 Å². The first kappa shape index (κ1) is 24.8. The first-order valence-corrected chi connectivity index (χ1v) is 11.9. The van der Waals surface area contributed by atoms with Gasteiger partial charge in [-0.3, -0.25) is 14.4 Å². The van der Waals surface area contributed by atoms with Gasteiger partial charge in [0.05, 0.1) is 6.04 Å². The molecule has 0 fully saturated rings. The van der Waals surface area contributed by atoms with Crippen molar-refractivity contribution in [3.8, 4) is 0 Å². The number of hydrogen-bond donors (Lipinski definition) is 3. The summed E-state index contributed by atoms with van der Waals surface area (Å²) in [6, 6.07) is 23.0. The minimum atomic E-state index is -0.745. The van der Waals surface area contributed by atoms with E-state index >= 15 is 0 Å². The smallest absolute Gasteiger partial charge is 0.313 e. The van der Waals surface area contributed by atoms with E-state index < -0.39 is 11.8 Å². The van der Waals surface area contributed by atoms with Crippen LogP contribution >= 0.6 is 0 Å². The van der Waals surface area contributed by atoms with E-state index in [1.54, 1.807) is 24.3 Å². The number of carbonyl (C=O) groups excluding carboxylic acids is 3. The summed E-state index contributed by atoms with van der Waals surface area (Å²) >= 11 is 0. The van der Waals surface area contributed by atoms with Gasteiger partial charge < -0.3 is 25.8 Å². The Morgan fingerprint density at radius 2 is 1.50 bits per heavy atom. The van der Waals surface area contributed by atoms with Crippen molar-refractivity contribution in [1.29, 1.82) is 0 Å². The monoisotopic (exact) mass is 485 g/mol. The van der Waals surface area contributed by atoms with Gasteiger partial charge >= 0.3 is 11.8 Å². The van der Waals surface area contributed by atoms with Crippen molar-refractivity contribution >= 4 is 40.5 Å². The topological polar surface area (TPSA) is 93.8 Å². The Morgan fingerprint density at radius 1 is 0.861 bits per heavy atom. The molecule has 1 atom stereocenters. The number of anilines is 4. The molecule has 1 unspecified atom stereocenters. The fourth-order valence-electron chi connectivity index (χ4n) is 4.39. The predicted octanol–water partition coefficient (Wildman–Crippen LogP) is 3.57. The third-order valence-corrected chi connectivity index (χ3v) is 6.22. The molecule has 1 aliphatic rings. The van der Waals surface area contributed by atoms with E-state index in [2.05, 4.69) is 57.2 Å². The van der Waals surface area contributed by atoms with Crippen molar-refractivity contribution in [2.24, 2.45) is 0 Å². The van der Waals surface area contributed by atoms with Crippen LogP contribution in [0.1, 0.15) is 24.1 Å². The lowest BCUT2D eigenvalue weighted by Crippen LogP contribution is -2.41. The quantitative estimate of drug-likeness (QED) is 0.445. The van der Waals surface area contributed by atoms with Crippen molar-refractivity contribution in [2.45, 2.75) is 19.4 Å². The van der Waals surface area contributed by atoms with E-state index in [1.807, 2.05) is 31.1 Å². The lowest BCUT2D eigenvalue weighted by Gasteiger charge is -2.31. The van der Waals surface area contributed by atoms with Crippen molar-refractivity contribution in [2.75, 3.05) is 47.6 Å². The van der Waals surface area contributed by atoms with E-state index in [0.29, 0.717) is 11.4 Å². The first-order chi connectivity index (χ1) is 17.3. The number of carbonyl (C=O) groups is 3. The molecule has 4 rings (SSSR count). The Bertz CT molecular complexity index is 1240. The van der Waals surface area contributed by atoms with Crippen molar-refractivity contribution in [1.82, 2.24) is 5.32 Å². The van der Waals surface area contributed by atoms with Crippen LogP contribution < -0.4 is 25.8 Å². The van der Waals surface area contributed by atoms with E-state index in [1.165, 1.54) is 12.5 Å². The number of fused-ring (bicyclic) bond motifs is 1. The molecule has 1 heterocycles. The standard InChI is InChI=1S/C28H31N5O3/c1-19(34)30-22-10-12-23(13-11-22)31-28(36)27(35)29-18-26(21-8-14-24(15-9-21)32(2)3)33-17-16-20-6-4-5-7-25(20)33/h4-15,26H,16-18H2,1-3H3,(H,29,35)(H,30,34)(H,31,36). The molecule has 8 heteroatoms. The molecule has 1 aliphatic heterocycles. The summed E-state index contributed by atoms with van der Waals surface area (Å²) in [6.45, 7) is 2.54. The van der Waals surface area contributed by atoms with Crippen LogP contribution in [-0.4, -0.2) is 44.9 Å². The normalized spacial score (nSPS) is 12.9. The second kappa shape index (κ2) is 10.9. The average molecular weight is 486 g/mol. The van der Waals surface area contributed by atoms with Crippen LogP contribution in [0.5, 0.6) is 0 Å². The van der Waals surface area contributed by atoms with E-state index in [-0.39, 0.29) is 18.5 Å². The number of para-hydroxylation sites is 1. The summed E-state index contributed by atoms with van der Waals surface area (Å²) in [4.78, 5) is 40.7. The minimum absolute atomic E-state index is 0.126. The third kappa shape index (κ3) is 5.83. The van der Waals surface area contributed by atoms with Gasteiger partial charge in [0, 0.05) is 56.9 Å². The van der Waals surface area contributed by atoms with E-state index in [9.17, 15) is 14.4 Å². The second-order valence-corrected chi connectivity index (χ2v) is 9.00. The molecule has 0 saturated heterocycles. The zero-order valence-corrected chi connectivity index (χ0v) is 20.7. The fourth-order valence-corrected chi connectivity index (χ4v) is 4.39. The molecule has 36 heavy (non-hydrogen) atoms. The lowest BCUT2D eigenvalue weighted by atomic mass is 10.0. The van der Waals surface area contributed by atoms with E-state index in [4.69, 9.17) is 0 Å². The molecule has 3 N–H and O–H groups in total. The van der Waals surface area contributed by atoms with Crippen LogP contribution in [0, 0.1) is 0 Å². The zero-order chi connectivity index (χ0) is 25.7. The second-order valence-electron chi connectivity index (χ2n) is 9.00. The Balaban J connectivity index is 1.46.